The number of carboxylic acid groups (broad SMARTS) is 1. The summed E-state index contributed by atoms with van der Waals surface area (Å²) in [7, 11) is 0.893. The fourth-order valence-electron chi connectivity index (χ4n) is 3.16. The molecule has 1 aliphatic carbocycles. The molecule has 1 aromatic rings. The van der Waals surface area contributed by atoms with Gasteiger partial charge < -0.3 is 5.11 Å². The van der Waals surface area contributed by atoms with Crippen molar-refractivity contribution in [3.8, 4) is 0 Å². The third kappa shape index (κ3) is 2.80. The number of rotatable bonds is 3. The summed E-state index contributed by atoms with van der Waals surface area (Å²) in [6, 6.07) is 0.308. The Hall–Kier alpha value is -2.27. The van der Waals surface area contributed by atoms with Gasteiger partial charge in [0.15, 0.2) is 0 Å². The third-order valence-electron chi connectivity index (χ3n) is 4.29. The van der Waals surface area contributed by atoms with Crippen LogP contribution >= 0.6 is 11.9 Å². The number of hydrogen-bond donors (Lipinski definition) is 2. The first kappa shape index (κ1) is 18.5. The number of carbonyl (C=O) groups is 1. The Morgan fingerprint density at radius 1 is 1.35 bits per heavy atom. The largest absolute Gasteiger partial charge is 0.481 e. The lowest BCUT2D eigenvalue weighted by atomic mass is 9.91. The Balaban J connectivity index is 2.32. The molecule has 1 fully saturated rings. The lowest BCUT2D eigenvalue weighted by Gasteiger charge is -2.31. The lowest BCUT2D eigenvalue weighted by molar-refractivity contribution is -0.144. The molecule has 0 bridgehead atoms. The number of alkyl halides is 3. The van der Waals surface area contributed by atoms with Gasteiger partial charge in [-0.25, -0.2) is 14.1 Å². The maximum absolute atomic E-state index is 13.0. The van der Waals surface area contributed by atoms with E-state index in [9.17, 15) is 32.7 Å². The van der Waals surface area contributed by atoms with Crippen molar-refractivity contribution in [3.05, 3.63) is 55.2 Å². The van der Waals surface area contributed by atoms with Gasteiger partial charge in [-0.1, -0.05) is 12.2 Å². The Kier molecular flexibility index (Phi) is 4.39. The number of aliphatic carboxylic acids is 1. The molecule has 0 radical (unpaired) electrons. The minimum absolute atomic E-state index is 0.308. The van der Waals surface area contributed by atoms with E-state index in [0.717, 1.165) is 19.0 Å². The predicted octanol–water partition coefficient (Wildman–Crippen LogP) is 1.55. The summed E-state index contributed by atoms with van der Waals surface area (Å²) in [5.41, 5.74) is -5.20. The third-order valence-corrected chi connectivity index (χ3v) is 5.33. The average molecular weight is 389 g/mol. The van der Waals surface area contributed by atoms with Gasteiger partial charge in [0.05, 0.1) is 6.42 Å². The van der Waals surface area contributed by atoms with E-state index in [-0.39, 0.29) is 0 Å². The first-order valence-electron chi connectivity index (χ1n) is 7.55. The van der Waals surface area contributed by atoms with E-state index in [1.807, 2.05) is 6.08 Å². The highest BCUT2D eigenvalue weighted by atomic mass is 32.2. The summed E-state index contributed by atoms with van der Waals surface area (Å²) in [6.07, 6.45) is -0.761. The molecule has 140 valence electrons. The molecule has 0 saturated carbocycles. The van der Waals surface area contributed by atoms with Crippen LogP contribution in [0, 0.1) is 0 Å². The van der Waals surface area contributed by atoms with Gasteiger partial charge in [0.25, 0.3) is 5.56 Å². The van der Waals surface area contributed by atoms with Crippen LogP contribution in [0.25, 0.3) is 0 Å². The summed E-state index contributed by atoms with van der Waals surface area (Å²) in [5.74, 6) is -1.31. The molecule has 11 heteroatoms. The van der Waals surface area contributed by atoms with Gasteiger partial charge in [0, 0.05) is 23.6 Å². The molecule has 0 spiro atoms. The molecule has 1 aliphatic heterocycles. The zero-order chi connectivity index (χ0) is 19.3. The molecule has 2 heterocycles. The van der Waals surface area contributed by atoms with Gasteiger partial charge in [-0.15, -0.1) is 0 Å². The molecule has 0 aromatic carbocycles. The minimum Gasteiger partial charge on any atom is -0.481 e. The molecule has 7 nitrogen and oxygen atoms in total. The van der Waals surface area contributed by atoms with Crippen LogP contribution in [0.15, 0.2) is 38.3 Å². The average Bonchev–Trinajstić information content (AvgIpc) is 2.89. The number of fused-ring (bicyclic) bond motifs is 1. The minimum atomic E-state index is -4.89. The molecule has 2 N–H and O–H groups in total. The molecule has 2 aliphatic rings. The molecule has 26 heavy (non-hydrogen) atoms. The number of hydrogen-bond acceptors (Lipinski definition) is 5. The first-order chi connectivity index (χ1) is 12.1. The van der Waals surface area contributed by atoms with Crippen LogP contribution in [0.1, 0.15) is 25.0 Å². The standard InChI is InChI=1S/C15H14F3N3O4S/c1-20-10(15(16,17)18)6-11(22)21(13(20)25)14(7-12(23)24)8-4-2-3-5-9(8)26-19-14/h4-6,19H,2-3,7H2,1H3,(H,23,24). The summed E-state index contributed by atoms with van der Waals surface area (Å²) in [6.45, 7) is 0. The fourth-order valence-corrected chi connectivity index (χ4v) is 4.28. The Labute approximate surface area is 148 Å². The van der Waals surface area contributed by atoms with Gasteiger partial charge >= 0.3 is 17.8 Å². The quantitative estimate of drug-likeness (QED) is 0.762. The van der Waals surface area contributed by atoms with E-state index in [2.05, 4.69) is 4.72 Å². The molecule has 3 rings (SSSR count). The molecule has 1 unspecified atom stereocenters. The molecule has 1 saturated heterocycles. The normalized spacial score (nSPS) is 22.6. The van der Waals surface area contributed by atoms with Crippen LogP contribution in [0.2, 0.25) is 0 Å². The van der Waals surface area contributed by atoms with Gasteiger partial charge in [0.2, 0.25) is 0 Å². The van der Waals surface area contributed by atoms with Crippen molar-refractivity contribution in [1.82, 2.24) is 13.9 Å². The first-order valence-corrected chi connectivity index (χ1v) is 8.37. The Bertz CT molecular complexity index is 960. The number of halogens is 3. The van der Waals surface area contributed by atoms with Crippen LogP contribution in [-0.2, 0) is 23.7 Å². The van der Waals surface area contributed by atoms with Crippen molar-refractivity contribution in [3.63, 3.8) is 0 Å². The fraction of sp³-hybridized carbons (Fsp3) is 0.400. The number of aromatic nitrogens is 2. The summed E-state index contributed by atoms with van der Waals surface area (Å²) in [5, 5.41) is 9.33. The van der Waals surface area contributed by atoms with Gasteiger partial charge in [-0.2, -0.15) is 13.2 Å². The van der Waals surface area contributed by atoms with Crippen LogP contribution in [-0.4, -0.2) is 20.2 Å². The molecular weight excluding hydrogens is 375 g/mol. The lowest BCUT2D eigenvalue weighted by Crippen LogP contribution is -2.57. The number of nitrogens with zero attached hydrogens (tertiary/aromatic N) is 2. The Morgan fingerprint density at radius 3 is 2.62 bits per heavy atom. The van der Waals surface area contributed by atoms with Crippen molar-refractivity contribution in [2.24, 2.45) is 7.05 Å². The van der Waals surface area contributed by atoms with E-state index in [1.54, 1.807) is 6.08 Å². The predicted molar refractivity (Wildman–Crippen MR) is 87.3 cm³/mol. The second-order valence-corrected chi connectivity index (χ2v) is 6.79. The number of nitrogens with one attached hydrogen (secondary N) is 1. The van der Waals surface area contributed by atoms with Crippen molar-refractivity contribution >= 4 is 17.9 Å². The van der Waals surface area contributed by atoms with E-state index < -0.39 is 41.2 Å². The van der Waals surface area contributed by atoms with E-state index in [0.29, 0.717) is 38.5 Å². The number of allylic oxidation sites excluding steroid dienone is 2. The zero-order valence-corrected chi connectivity index (χ0v) is 14.3. The molecule has 1 aromatic heterocycles. The van der Waals surface area contributed by atoms with Gasteiger partial charge in [-0.3, -0.25) is 14.2 Å². The van der Waals surface area contributed by atoms with Crippen molar-refractivity contribution in [2.75, 3.05) is 0 Å². The maximum atomic E-state index is 13.0. The van der Waals surface area contributed by atoms with Gasteiger partial charge in [-0.05, 0) is 24.8 Å². The van der Waals surface area contributed by atoms with Crippen LogP contribution in [0.5, 0.6) is 0 Å². The molecular formula is C15H14F3N3O4S. The van der Waals surface area contributed by atoms with Crippen LogP contribution < -0.4 is 16.0 Å². The number of carboxylic acids is 1. The van der Waals surface area contributed by atoms with Crippen molar-refractivity contribution in [1.29, 1.82) is 0 Å². The summed E-state index contributed by atoms with van der Waals surface area (Å²) < 4.78 is 42.8. The second-order valence-electron chi connectivity index (χ2n) is 5.94. The highest BCUT2D eigenvalue weighted by molar-refractivity contribution is 8.01. The van der Waals surface area contributed by atoms with Crippen LogP contribution in [0.4, 0.5) is 13.2 Å². The highest BCUT2D eigenvalue weighted by Crippen LogP contribution is 2.46. The van der Waals surface area contributed by atoms with E-state index in [4.69, 9.17) is 0 Å². The monoisotopic (exact) mass is 389 g/mol. The van der Waals surface area contributed by atoms with E-state index in [1.165, 1.54) is 0 Å². The zero-order valence-electron chi connectivity index (χ0n) is 13.5. The smallest absolute Gasteiger partial charge is 0.431 e. The Morgan fingerprint density at radius 2 is 2.00 bits per heavy atom. The molecule has 0 amide bonds. The SMILES string of the molecule is Cn1c(C(F)(F)F)cc(=O)n(C2(CC(=O)O)NSC3=CCCC=C32)c1=O. The van der Waals surface area contributed by atoms with Gasteiger partial charge in [0.1, 0.15) is 11.4 Å². The maximum Gasteiger partial charge on any atom is 0.431 e. The molecule has 1 atom stereocenters. The second kappa shape index (κ2) is 6.16. The topological polar surface area (TPSA) is 93.3 Å². The highest BCUT2D eigenvalue weighted by Gasteiger charge is 2.48. The van der Waals surface area contributed by atoms with Crippen LogP contribution in [0.3, 0.4) is 0 Å². The van der Waals surface area contributed by atoms with E-state index >= 15 is 0 Å². The summed E-state index contributed by atoms with van der Waals surface area (Å²) in [4.78, 5) is 37.2. The van der Waals surface area contributed by atoms with Crippen molar-refractivity contribution in [2.45, 2.75) is 31.1 Å². The summed E-state index contributed by atoms with van der Waals surface area (Å²) >= 11 is 1.05. The van der Waals surface area contributed by atoms with Crippen molar-refractivity contribution < 1.29 is 23.1 Å².